The monoisotopic (exact) mass is 590 g/mol. The van der Waals surface area contributed by atoms with Crippen LogP contribution in [0.5, 0.6) is 0 Å². The molecule has 4 rings (SSSR count). The van der Waals surface area contributed by atoms with Crippen molar-refractivity contribution in [1.82, 2.24) is 19.0 Å². The molecule has 8 nitrogen and oxygen atoms in total. The topological polar surface area (TPSA) is 81.2 Å². The molecule has 2 aromatic rings. The molecule has 2 aromatic carbocycles. The molecule has 0 aromatic heterocycles. The van der Waals surface area contributed by atoms with E-state index in [1.54, 1.807) is 29.0 Å². The van der Waals surface area contributed by atoms with Crippen LogP contribution in [0.4, 0.5) is 9.18 Å². The number of carbonyl (C=O) groups is 2. The summed E-state index contributed by atoms with van der Waals surface area (Å²) in [5, 5.41) is 0.595. The molecule has 0 unspecified atom stereocenters. The molecule has 0 bridgehead atoms. The standard InChI is InChI=1S/C24H26Cl3FN4O4S/c1-29(23(33)16-4-6-21(28)20(27)12-16)22-14-31(13-17(22)15-3-5-18(25)19(26)11-15)24(34)30-7-9-32(10-8-30)37(2,35)36/h3-6,11-12,17,22H,7-10,13-14H2,1-2H3/t17-,22-/m0/s1. The average Bonchev–Trinajstić information content (AvgIpc) is 3.31. The number of nitrogens with zero attached hydrogens (tertiary/aromatic N) is 4. The number of carbonyl (C=O) groups excluding carboxylic acids is 2. The molecular formula is C24H26Cl3FN4O4S. The van der Waals surface area contributed by atoms with Gasteiger partial charge in [0, 0.05) is 57.8 Å². The lowest BCUT2D eigenvalue weighted by Crippen LogP contribution is -2.53. The Bertz CT molecular complexity index is 1320. The lowest BCUT2D eigenvalue weighted by Gasteiger charge is -2.35. The van der Waals surface area contributed by atoms with E-state index in [1.807, 2.05) is 6.07 Å². The van der Waals surface area contributed by atoms with Gasteiger partial charge in [0.1, 0.15) is 5.82 Å². The van der Waals surface area contributed by atoms with Gasteiger partial charge in [-0.2, -0.15) is 4.31 Å². The first-order valence-electron chi connectivity index (χ1n) is 11.5. The second-order valence-corrected chi connectivity index (χ2v) is 12.4. The molecule has 0 aliphatic carbocycles. The molecular weight excluding hydrogens is 566 g/mol. The van der Waals surface area contributed by atoms with Crippen molar-refractivity contribution in [2.45, 2.75) is 12.0 Å². The van der Waals surface area contributed by atoms with Crippen LogP contribution in [-0.2, 0) is 10.0 Å². The van der Waals surface area contributed by atoms with E-state index < -0.39 is 21.9 Å². The largest absolute Gasteiger partial charge is 0.336 e. The van der Waals surface area contributed by atoms with Gasteiger partial charge in [-0.15, -0.1) is 0 Å². The minimum Gasteiger partial charge on any atom is -0.336 e. The van der Waals surface area contributed by atoms with Crippen molar-refractivity contribution in [2.24, 2.45) is 0 Å². The first kappa shape index (κ1) is 27.9. The predicted octanol–water partition coefficient (Wildman–Crippen LogP) is 4.02. The lowest BCUT2D eigenvalue weighted by molar-refractivity contribution is 0.0723. The molecule has 0 radical (unpaired) electrons. The van der Waals surface area contributed by atoms with Crippen LogP contribution in [0.1, 0.15) is 21.8 Å². The van der Waals surface area contributed by atoms with Gasteiger partial charge in [0.2, 0.25) is 10.0 Å². The van der Waals surface area contributed by atoms with Gasteiger partial charge in [0.05, 0.1) is 27.4 Å². The summed E-state index contributed by atoms with van der Waals surface area (Å²) >= 11 is 18.3. The van der Waals surface area contributed by atoms with Crippen molar-refractivity contribution in [3.8, 4) is 0 Å². The van der Waals surface area contributed by atoms with Crippen LogP contribution in [0.25, 0.3) is 0 Å². The molecule has 0 spiro atoms. The fraction of sp³-hybridized carbons (Fsp3) is 0.417. The third-order valence-corrected chi connectivity index (χ3v) is 9.23. The maximum atomic E-state index is 13.7. The molecule has 0 saturated carbocycles. The zero-order valence-corrected chi connectivity index (χ0v) is 23.3. The molecule has 13 heteroatoms. The highest BCUT2D eigenvalue weighted by molar-refractivity contribution is 7.88. The summed E-state index contributed by atoms with van der Waals surface area (Å²) in [6.45, 7) is 1.55. The first-order chi connectivity index (χ1) is 17.4. The van der Waals surface area contributed by atoms with Crippen LogP contribution in [0.3, 0.4) is 0 Å². The number of hydrogen-bond acceptors (Lipinski definition) is 4. The molecule has 2 fully saturated rings. The number of urea groups is 1. The van der Waals surface area contributed by atoms with Crippen molar-refractivity contribution in [1.29, 1.82) is 0 Å². The van der Waals surface area contributed by atoms with Crippen molar-refractivity contribution < 1.29 is 22.4 Å². The van der Waals surface area contributed by atoms with E-state index >= 15 is 0 Å². The number of hydrogen-bond donors (Lipinski definition) is 0. The Morgan fingerprint density at radius 1 is 0.919 bits per heavy atom. The fourth-order valence-electron chi connectivity index (χ4n) is 4.80. The summed E-state index contributed by atoms with van der Waals surface area (Å²) in [6.07, 6.45) is 1.15. The second kappa shape index (κ2) is 10.9. The summed E-state index contributed by atoms with van der Waals surface area (Å²) in [6, 6.07) is 8.36. The lowest BCUT2D eigenvalue weighted by atomic mass is 9.93. The summed E-state index contributed by atoms with van der Waals surface area (Å²) < 4.78 is 38.7. The van der Waals surface area contributed by atoms with Crippen molar-refractivity contribution in [2.75, 3.05) is 52.6 Å². The minimum absolute atomic E-state index is 0.156. The van der Waals surface area contributed by atoms with Gasteiger partial charge in [-0.05, 0) is 35.9 Å². The zero-order chi connectivity index (χ0) is 27.1. The summed E-state index contributed by atoms with van der Waals surface area (Å²) in [7, 11) is -1.69. The van der Waals surface area contributed by atoms with Gasteiger partial charge in [0.15, 0.2) is 0 Å². The summed E-state index contributed by atoms with van der Waals surface area (Å²) in [5.74, 6) is -1.27. The van der Waals surface area contributed by atoms with Gasteiger partial charge in [-0.25, -0.2) is 17.6 Å². The molecule has 2 aliphatic heterocycles. The Hall–Kier alpha value is -2.11. The van der Waals surface area contributed by atoms with Crippen LogP contribution in [-0.4, -0.2) is 98.0 Å². The Labute approximate surface area is 230 Å². The van der Waals surface area contributed by atoms with Crippen molar-refractivity contribution in [3.63, 3.8) is 0 Å². The van der Waals surface area contributed by atoms with E-state index in [0.717, 1.165) is 17.9 Å². The number of halogens is 4. The maximum Gasteiger partial charge on any atom is 0.320 e. The second-order valence-electron chi connectivity index (χ2n) is 9.23. The number of benzene rings is 2. The number of likely N-dealkylation sites (tertiary alicyclic amines) is 1. The highest BCUT2D eigenvalue weighted by atomic mass is 35.5. The van der Waals surface area contributed by atoms with E-state index in [0.29, 0.717) is 16.6 Å². The van der Waals surface area contributed by atoms with E-state index in [4.69, 9.17) is 34.8 Å². The summed E-state index contributed by atoms with van der Waals surface area (Å²) in [4.78, 5) is 31.6. The highest BCUT2D eigenvalue weighted by Gasteiger charge is 2.42. The number of rotatable bonds is 4. The van der Waals surface area contributed by atoms with E-state index in [9.17, 15) is 22.4 Å². The van der Waals surface area contributed by atoms with Crippen LogP contribution in [0.15, 0.2) is 36.4 Å². The molecule has 3 amide bonds. The Balaban J connectivity index is 1.58. The third kappa shape index (κ3) is 5.98. The summed E-state index contributed by atoms with van der Waals surface area (Å²) in [5.41, 5.74) is 1.04. The highest BCUT2D eigenvalue weighted by Crippen LogP contribution is 2.35. The Kier molecular flexibility index (Phi) is 8.25. The van der Waals surface area contributed by atoms with Gasteiger partial charge in [0.25, 0.3) is 5.91 Å². The van der Waals surface area contributed by atoms with Crippen LogP contribution in [0, 0.1) is 5.82 Å². The normalized spacial score (nSPS) is 20.8. The number of likely N-dealkylation sites (N-methyl/N-ethyl adjacent to an activating group) is 1. The van der Waals surface area contributed by atoms with Gasteiger partial charge in [-0.3, -0.25) is 4.79 Å². The van der Waals surface area contributed by atoms with E-state index in [2.05, 4.69) is 0 Å². The van der Waals surface area contributed by atoms with Crippen molar-refractivity contribution in [3.05, 3.63) is 68.4 Å². The van der Waals surface area contributed by atoms with E-state index in [1.165, 1.54) is 21.3 Å². The average molecular weight is 592 g/mol. The smallest absolute Gasteiger partial charge is 0.320 e. The van der Waals surface area contributed by atoms with Crippen molar-refractivity contribution >= 4 is 56.8 Å². The Morgan fingerprint density at radius 2 is 1.59 bits per heavy atom. The quantitative estimate of drug-likeness (QED) is 0.538. The SMILES string of the molecule is CN(C(=O)c1ccc(F)c(Cl)c1)[C@H]1CN(C(=O)N2CCN(S(C)(=O)=O)CC2)C[C@H]1c1ccc(Cl)c(Cl)c1. The molecule has 0 N–H and O–H groups in total. The Morgan fingerprint density at radius 3 is 2.19 bits per heavy atom. The molecule has 200 valence electrons. The zero-order valence-electron chi connectivity index (χ0n) is 20.2. The molecule has 2 saturated heterocycles. The number of sulfonamides is 1. The predicted molar refractivity (Wildman–Crippen MR) is 141 cm³/mol. The van der Waals surface area contributed by atoms with Crippen LogP contribution in [0.2, 0.25) is 15.1 Å². The third-order valence-electron chi connectivity index (χ3n) is 6.89. The fourth-order valence-corrected chi connectivity index (χ4v) is 6.11. The number of amides is 3. The molecule has 2 heterocycles. The number of piperazine rings is 1. The maximum absolute atomic E-state index is 13.7. The molecule has 2 atom stereocenters. The minimum atomic E-state index is -3.33. The van der Waals surface area contributed by atoms with Crippen LogP contribution >= 0.6 is 34.8 Å². The van der Waals surface area contributed by atoms with Gasteiger partial charge < -0.3 is 14.7 Å². The van der Waals surface area contributed by atoms with E-state index in [-0.39, 0.29) is 61.2 Å². The van der Waals surface area contributed by atoms with Gasteiger partial charge >= 0.3 is 6.03 Å². The van der Waals surface area contributed by atoms with Gasteiger partial charge in [-0.1, -0.05) is 40.9 Å². The molecule has 2 aliphatic rings. The first-order valence-corrected chi connectivity index (χ1v) is 14.5. The molecule has 37 heavy (non-hydrogen) atoms. The van der Waals surface area contributed by atoms with Crippen LogP contribution < -0.4 is 0 Å².